The molecule has 88 valence electrons. The fourth-order valence-corrected chi connectivity index (χ4v) is 2.39. The zero-order chi connectivity index (χ0) is 11.3. The fraction of sp³-hybridized carbons (Fsp3) is 0.571. The molecule has 0 saturated carbocycles. The molecule has 2 heteroatoms. The van der Waals surface area contributed by atoms with E-state index in [0.717, 1.165) is 39.0 Å². The molecule has 16 heavy (non-hydrogen) atoms. The zero-order valence-electron chi connectivity index (χ0n) is 10.0. The standard InChI is InChI=1S/C14H21NO/c1-2-12-16-14(8-10-15-11-9-14)13-6-4-3-5-7-13/h3-7,15H,2,8-12H2,1H3. The summed E-state index contributed by atoms with van der Waals surface area (Å²) >= 11 is 0. The number of rotatable bonds is 4. The summed E-state index contributed by atoms with van der Waals surface area (Å²) in [6, 6.07) is 10.7. The predicted octanol–water partition coefficient (Wildman–Crippen LogP) is 2.69. The number of piperidine rings is 1. The summed E-state index contributed by atoms with van der Waals surface area (Å²) in [6.07, 6.45) is 3.25. The van der Waals surface area contributed by atoms with Gasteiger partial charge in [0, 0.05) is 6.61 Å². The molecule has 0 aromatic heterocycles. The van der Waals surface area contributed by atoms with Crippen molar-refractivity contribution in [2.24, 2.45) is 0 Å². The molecule has 0 amide bonds. The van der Waals surface area contributed by atoms with Crippen LogP contribution in [0.15, 0.2) is 30.3 Å². The molecule has 1 heterocycles. The lowest BCUT2D eigenvalue weighted by atomic mass is 9.85. The second-order valence-corrected chi connectivity index (χ2v) is 4.46. The Balaban J connectivity index is 2.19. The van der Waals surface area contributed by atoms with Gasteiger partial charge in [-0.2, -0.15) is 0 Å². The van der Waals surface area contributed by atoms with Crippen LogP contribution in [0.1, 0.15) is 31.7 Å². The predicted molar refractivity (Wildman–Crippen MR) is 66.5 cm³/mol. The molecule has 1 saturated heterocycles. The first kappa shape index (κ1) is 11.6. The molecule has 0 spiro atoms. The van der Waals surface area contributed by atoms with Crippen molar-refractivity contribution < 1.29 is 4.74 Å². The van der Waals surface area contributed by atoms with Gasteiger partial charge in [-0.3, -0.25) is 0 Å². The summed E-state index contributed by atoms with van der Waals surface area (Å²) in [5.41, 5.74) is 1.30. The highest BCUT2D eigenvalue weighted by Crippen LogP contribution is 2.34. The molecule has 1 fully saturated rings. The highest BCUT2D eigenvalue weighted by atomic mass is 16.5. The van der Waals surface area contributed by atoms with Gasteiger partial charge in [0.25, 0.3) is 0 Å². The van der Waals surface area contributed by atoms with Crippen LogP contribution in [0.3, 0.4) is 0 Å². The van der Waals surface area contributed by atoms with Crippen LogP contribution in [0.25, 0.3) is 0 Å². The molecular weight excluding hydrogens is 198 g/mol. The van der Waals surface area contributed by atoms with Gasteiger partial charge in [-0.1, -0.05) is 37.3 Å². The molecule has 1 aliphatic rings. The third kappa shape index (κ3) is 2.45. The summed E-state index contributed by atoms with van der Waals surface area (Å²) in [5.74, 6) is 0. The van der Waals surface area contributed by atoms with Crippen LogP contribution in [0.5, 0.6) is 0 Å². The first-order chi connectivity index (χ1) is 7.87. The minimum Gasteiger partial charge on any atom is -0.370 e. The largest absolute Gasteiger partial charge is 0.370 e. The van der Waals surface area contributed by atoms with Gasteiger partial charge < -0.3 is 10.1 Å². The summed E-state index contributed by atoms with van der Waals surface area (Å²) < 4.78 is 6.17. The first-order valence-electron chi connectivity index (χ1n) is 6.27. The lowest BCUT2D eigenvalue weighted by Gasteiger charge is -2.38. The van der Waals surface area contributed by atoms with E-state index in [2.05, 4.69) is 42.6 Å². The molecule has 2 nitrogen and oxygen atoms in total. The third-order valence-electron chi connectivity index (χ3n) is 3.29. The van der Waals surface area contributed by atoms with Crippen molar-refractivity contribution in [1.82, 2.24) is 5.32 Å². The van der Waals surface area contributed by atoms with Crippen LogP contribution in [0.2, 0.25) is 0 Å². The number of benzene rings is 1. The van der Waals surface area contributed by atoms with E-state index in [0.29, 0.717) is 0 Å². The minimum absolute atomic E-state index is 0.0392. The Morgan fingerprint density at radius 3 is 2.50 bits per heavy atom. The zero-order valence-corrected chi connectivity index (χ0v) is 10.0. The Morgan fingerprint density at radius 1 is 1.19 bits per heavy atom. The molecule has 0 atom stereocenters. The average Bonchev–Trinajstić information content (AvgIpc) is 2.38. The van der Waals surface area contributed by atoms with Gasteiger partial charge in [-0.05, 0) is 37.9 Å². The van der Waals surface area contributed by atoms with Crippen LogP contribution < -0.4 is 5.32 Å². The molecule has 0 aliphatic carbocycles. The maximum Gasteiger partial charge on any atom is 0.0955 e. The maximum atomic E-state index is 6.17. The van der Waals surface area contributed by atoms with Crippen LogP contribution in [-0.4, -0.2) is 19.7 Å². The van der Waals surface area contributed by atoms with Crippen molar-refractivity contribution in [2.75, 3.05) is 19.7 Å². The number of ether oxygens (including phenoxy) is 1. The monoisotopic (exact) mass is 219 g/mol. The van der Waals surface area contributed by atoms with Crippen molar-refractivity contribution in [1.29, 1.82) is 0 Å². The molecular formula is C14H21NO. The Morgan fingerprint density at radius 2 is 1.88 bits per heavy atom. The van der Waals surface area contributed by atoms with Crippen LogP contribution in [-0.2, 0) is 10.3 Å². The summed E-state index contributed by atoms with van der Waals surface area (Å²) in [5, 5.41) is 3.41. The van der Waals surface area contributed by atoms with E-state index in [1.54, 1.807) is 0 Å². The van der Waals surface area contributed by atoms with E-state index in [4.69, 9.17) is 4.74 Å². The van der Waals surface area contributed by atoms with Gasteiger partial charge in [0.05, 0.1) is 5.60 Å². The second-order valence-electron chi connectivity index (χ2n) is 4.46. The van der Waals surface area contributed by atoms with Crippen LogP contribution in [0, 0.1) is 0 Å². The topological polar surface area (TPSA) is 21.3 Å². The van der Waals surface area contributed by atoms with Crippen molar-refractivity contribution in [3.63, 3.8) is 0 Å². The summed E-state index contributed by atoms with van der Waals surface area (Å²) in [4.78, 5) is 0. The van der Waals surface area contributed by atoms with Crippen molar-refractivity contribution in [2.45, 2.75) is 31.8 Å². The molecule has 1 aromatic carbocycles. The summed E-state index contributed by atoms with van der Waals surface area (Å²) in [6.45, 7) is 5.13. The van der Waals surface area contributed by atoms with E-state index in [9.17, 15) is 0 Å². The van der Waals surface area contributed by atoms with Crippen molar-refractivity contribution in [3.05, 3.63) is 35.9 Å². The lowest BCUT2D eigenvalue weighted by Crippen LogP contribution is -2.42. The molecule has 0 bridgehead atoms. The van der Waals surface area contributed by atoms with E-state index >= 15 is 0 Å². The Kier molecular flexibility index (Phi) is 3.97. The minimum atomic E-state index is -0.0392. The highest BCUT2D eigenvalue weighted by molar-refractivity contribution is 5.23. The van der Waals surface area contributed by atoms with E-state index in [1.165, 1.54) is 5.56 Å². The van der Waals surface area contributed by atoms with Crippen molar-refractivity contribution >= 4 is 0 Å². The molecule has 2 rings (SSSR count). The fourth-order valence-electron chi connectivity index (χ4n) is 2.39. The van der Waals surface area contributed by atoms with Gasteiger partial charge in [0.15, 0.2) is 0 Å². The van der Waals surface area contributed by atoms with Gasteiger partial charge >= 0.3 is 0 Å². The Hall–Kier alpha value is -0.860. The first-order valence-corrected chi connectivity index (χ1v) is 6.27. The molecule has 1 aromatic rings. The van der Waals surface area contributed by atoms with E-state index in [1.807, 2.05) is 0 Å². The van der Waals surface area contributed by atoms with Crippen LogP contribution >= 0.6 is 0 Å². The summed E-state index contributed by atoms with van der Waals surface area (Å²) in [7, 11) is 0. The Labute approximate surface area is 98.0 Å². The smallest absolute Gasteiger partial charge is 0.0955 e. The van der Waals surface area contributed by atoms with E-state index in [-0.39, 0.29) is 5.60 Å². The normalized spacial score (nSPS) is 19.6. The van der Waals surface area contributed by atoms with Gasteiger partial charge in [-0.25, -0.2) is 0 Å². The molecule has 1 aliphatic heterocycles. The molecule has 1 N–H and O–H groups in total. The number of hydrogen-bond acceptors (Lipinski definition) is 2. The lowest BCUT2D eigenvalue weighted by molar-refractivity contribution is -0.0711. The number of nitrogens with one attached hydrogen (secondary N) is 1. The number of hydrogen-bond donors (Lipinski definition) is 1. The Bertz CT molecular complexity index is 304. The molecule has 0 radical (unpaired) electrons. The second kappa shape index (κ2) is 5.46. The van der Waals surface area contributed by atoms with Gasteiger partial charge in [0.1, 0.15) is 0 Å². The highest BCUT2D eigenvalue weighted by Gasteiger charge is 2.34. The van der Waals surface area contributed by atoms with E-state index < -0.39 is 0 Å². The third-order valence-corrected chi connectivity index (χ3v) is 3.29. The molecule has 0 unspecified atom stereocenters. The van der Waals surface area contributed by atoms with Crippen LogP contribution in [0.4, 0.5) is 0 Å². The van der Waals surface area contributed by atoms with Gasteiger partial charge in [0.2, 0.25) is 0 Å². The van der Waals surface area contributed by atoms with Gasteiger partial charge in [-0.15, -0.1) is 0 Å². The quantitative estimate of drug-likeness (QED) is 0.840. The van der Waals surface area contributed by atoms with Crippen molar-refractivity contribution in [3.8, 4) is 0 Å². The SMILES string of the molecule is CCCOC1(c2ccccc2)CCNCC1. The maximum absolute atomic E-state index is 6.17. The average molecular weight is 219 g/mol.